The molecule has 4 nitrogen and oxygen atoms in total. The van der Waals surface area contributed by atoms with Gasteiger partial charge in [-0.1, -0.05) is 13.8 Å². The van der Waals surface area contributed by atoms with Crippen LogP contribution in [0.5, 0.6) is 0 Å². The van der Waals surface area contributed by atoms with Crippen LogP contribution in [0, 0.1) is 11.8 Å². The Kier molecular flexibility index (Phi) is 5.77. The molecule has 0 aromatic carbocycles. The second-order valence-corrected chi connectivity index (χ2v) is 4.68. The molecule has 1 atom stereocenters. The number of nitrogens with one attached hydrogen (secondary N) is 1. The molecule has 1 aromatic rings. The van der Waals surface area contributed by atoms with Crippen molar-refractivity contribution in [2.75, 3.05) is 13.1 Å². The van der Waals surface area contributed by atoms with Gasteiger partial charge in [0.1, 0.15) is 5.76 Å². The van der Waals surface area contributed by atoms with E-state index in [1.54, 1.807) is 6.26 Å². The second-order valence-electron chi connectivity index (χ2n) is 4.68. The van der Waals surface area contributed by atoms with Gasteiger partial charge >= 0.3 is 0 Å². The van der Waals surface area contributed by atoms with Crippen LogP contribution in [0.25, 0.3) is 0 Å². The Bertz CT molecular complexity index is 320. The van der Waals surface area contributed by atoms with Gasteiger partial charge < -0.3 is 15.5 Å². The maximum Gasteiger partial charge on any atom is 0.224 e. The summed E-state index contributed by atoms with van der Waals surface area (Å²) in [7, 11) is 0. The van der Waals surface area contributed by atoms with Gasteiger partial charge in [0.2, 0.25) is 5.91 Å². The highest BCUT2D eigenvalue weighted by molar-refractivity contribution is 5.78. The summed E-state index contributed by atoms with van der Waals surface area (Å²) in [6, 6.07) is 3.75. The average molecular weight is 238 g/mol. The van der Waals surface area contributed by atoms with E-state index in [2.05, 4.69) is 19.2 Å². The lowest BCUT2D eigenvalue weighted by Gasteiger charge is -2.16. The molecule has 4 heteroatoms. The van der Waals surface area contributed by atoms with E-state index in [1.165, 1.54) is 0 Å². The molecule has 0 saturated heterocycles. The molecule has 1 amide bonds. The molecular weight excluding hydrogens is 216 g/mol. The van der Waals surface area contributed by atoms with Crippen LogP contribution in [0.1, 0.15) is 26.0 Å². The first-order valence-electron chi connectivity index (χ1n) is 6.13. The summed E-state index contributed by atoms with van der Waals surface area (Å²) in [5.41, 5.74) is 5.61. The van der Waals surface area contributed by atoms with Gasteiger partial charge in [0.25, 0.3) is 0 Å². The lowest BCUT2D eigenvalue weighted by Crippen LogP contribution is -2.36. The fourth-order valence-corrected chi connectivity index (χ4v) is 1.79. The van der Waals surface area contributed by atoms with Gasteiger partial charge in [-0.25, -0.2) is 0 Å². The van der Waals surface area contributed by atoms with Gasteiger partial charge in [-0.2, -0.15) is 0 Å². The third kappa shape index (κ3) is 5.04. The molecule has 0 spiro atoms. The molecule has 0 bridgehead atoms. The van der Waals surface area contributed by atoms with E-state index >= 15 is 0 Å². The van der Waals surface area contributed by atoms with Crippen molar-refractivity contribution in [1.82, 2.24) is 5.32 Å². The molecular formula is C13H22N2O2. The van der Waals surface area contributed by atoms with Crippen molar-refractivity contribution in [3.63, 3.8) is 0 Å². The Balaban J connectivity index is 2.27. The lowest BCUT2D eigenvalue weighted by molar-refractivity contribution is -0.125. The molecule has 0 saturated carbocycles. The Labute approximate surface area is 103 Å². The Morgan fingerprint density at radius 2 is 2.29 bits per heavy atom. The van der Waals surface area contributed by atoms with Crippen molar-refractivity contribution < 1.29 is 9.21 Å². The minimum Gasteiger partial charge on any atom is -0.469 e. The molecule has 0 aliphatic carbocycles. The maximum absolute atomic E-state index is 11.8. The SMILES string of the molecule is CC(C)CC(CN)C(=O)NCCc1ccco1. The number of carbonyl (C=O) groups excluding carboxylic acids is 1. The third-order valence-electron chi connectivity index (χ3n) is 2.66. The van der Waals surface area contributed by atoms with Crippen molar-refractivity contribution >= 4 is 5.91 Å². The van der Waals surface area contributed by atoms with Gasteiger partial charge in [-0.05, 0) is 24.5 Å². The van der Waals surface area contributed by atoms with Crippen LogP contribution in [-0.2, 0) is 11.2 Å². The molecule has 1 rings (SSSR count). The van der Waals surface area contributed by atoms with Crippen LogP contribution < -0.4 is 11.1 Å². The molecule has 1 aromatic heterocycles. The topological polar surface area (TPSA) is 68.3 Å². The highest BCUT2D eigenvalue weighted by atomic mass is 16.3. The predicted octanol–water partition coefficient (Wildman–Crippen LogP) is 1.56. The van der Waals surface area contributed by atoms with Gasteiger partial charge in [-0.15, -0.1) is 0 Å². The van der Waals surface area contributed by atoms with Crippen molar-refractivity contribution in [3.05, 3.63) is 24.2 Å². The van der Waals surface area contributed by atoms with Crippen molar-refractivity contribution in [2.24, 2.45) is 17.6 Å². The zero-order valence-electron chi connectivity index (χ0n) is 10.6. The summed E-state index contributed by atoms with van der Waals surface area (Å²) < 4.78 is 5.19. The maximum atomic E-state index is 11.8. The summed E-state index contributed by atoms with van der Waals surface area (Å²) >= 11 is 0. The van der Waals surface area contributed by atoms with Crippen molar-refractivity contribution in [2.45, 2.75) is 26.7 Å². The first kappa shape index (κ1) is 13.8. The molecule has 0 fully saturated rings. The number of amides is 1. The van der Waals surface area contributed by atoms with E-state index in [4.69, 9.17) is 10.2 Å². The molecule has 0 aliphatic rings. The van der Waals surface area contributed by atoms with Crippen molar-refractivity contribution in [3.8, 4) is 0 Å². The van der Waals surface area contributed by atoms with E-state index < -0.39 is 0 Å². The molecule has 96 valence electrons. The van der Waals surface area contributed by atoms with Gasteiger partial charge in [0.15, 0.2) is 0 Å². The standard InChI is InChI=1S/C13H22N2O2/c1-10(2)8-11(9-14)13(16)15-6-5-12-4-3-7-17-12/h3-4,7,10-11H,5-6,8-9,14H2,1-2H3,(H,15,16). The number of furan rings is 1. The van der Waals surface area contributed by atoms with Gasteiger partial charge in [0.05, 0.1) is 12.2 Å². The highest BCUT2D eigenvalue weighted by Gasteiger charge is 2.17. The highest BCUT2D eigenvalue weighted by Crippen LogP contribution is 2.10. The van der Waals surface area contributed by atoms with Crippen LogP contribution in [0.3, 0.4) is 0 Å². The molecule has 1 heterocycles. The zero-order chi connectivity index (χ0) is 12.7. The van der Waals surface area contributed by atoms with E-state index in [9.17, 15) is 4.79 Å². The Morgan fingerprint density at radius 3 is 2.82 bits per heavy atom. The smallest absolute Gasteiger partial charge is 0.224 e. The fraction of sp³-hybridized carbons (Fsp3) is 0.615. The Morgan fingerprint density at radius 1 is 1.53 bits per heavy atom. The third-order valence-corrected chi connectivity index (χ3v) is 2.66. The average Bonchev–Trinajstić information content (AvgIpc) is 2.78. The van der Waals surface area contributed by atoms with Crippen molar-refractivity contribution in [1.29, 1.82) is 0 Å². The van der Waals surface area contributed by atoms with Crippen LogP contribution in [-0.4, -0.2) is 19.0 Å². The van der Waals surface area contributed by atoms with E-state index in [1.807, 2.05) is 12.1 Å². The van der Waals surface area contributed by atoms with E-state index in [0.717, 1.165) is 18.6 Å². The van der Waals surface area contributed by atoms with Crippen LogP contribution in [0.4, 0.5) is 0 Å². The largest absolute Gasteiger partial charge is 0.469 e. The number of nitrogens with two attached hydrogens (primary N) is 1. The van der Waals surface area contributed by atoms with E-state index in [-0.39, 0.29) is 11.8 Å². The first-order valence-corrected chi connectivity index (χ1v) is 6.13. The van der Waals surface area contributed by atoms with Crippen LogP contribution in [0.15, 0.2) is 22.8 Å². The van der Waals surface area contributed by atoms with Gasteiger partial charge in [-0.3, -0.25) is 4.79 Å². The number of rotatable bonds is 7. The molecule has 0 radical (unpaired) electrons. The first-order chi connectivity index (χ1) is 8.13. The summed E-state index contributed by atoms with van der Waals surface area (Å²) in [5, 5.41) is 2.90. The summed E-state index contributed by atoms with van der Waals surface area (Å²) in [5.74, 6) is 1.34. The summed E-state index contributed by atoms with van der Waals surface area (Å²) in [6.45, 7) is 5.20. The summed E-state index contributed by atoms with van der Waals surface area (Å²) in [4.78, 5) is 11.8. The van der Waals surface area contributed by atoms with Gasteiger partial charge in [0, 0.05) is 19.5 Å². The Hall–Kier alpha value is -1.29. The number of carbonyl (C=O) groups is 1. The van der Waals surface area contributed by atoms with Crippen LogP contribution in [0.2, 0.25) is 0 Å². The second kappa shape index (κ2) is 7.12. The number of hydrogen-bond donors (Lipinski definition) is 2. The lowest BCUT2D eigenvalue weighted by atomic mass is 9.96. The summed E-state index contributed by atoms with van der Waals surface area (Å²) in [6.07, 6.45) is 3.19. The molecule has 17 heavy (non-hydrogen) atoms. The predicted molar refractivity (Wildman–Crippen MR) is 67.4 cm³/mol. The zero-order valence-corrected chi connectivity index (χ0v) is 10.6. The van der Waals surface area contributed by atoms with Crippen LogP contribution >= 0.6 is 0 Å². The molecule has 0 aliphatic heterocycles. The quantitative estimate of drug-likeness (QED) is 0.757. The molecule has 1 unspecified atom stereocenters. The fourth-order valence-electron chi connectivity index (χ4n) is 1.79. The monoisotopic (exact) mass is 238 g/mol. The minimum absolute atomic E-state index is 0.0488. The normalized spacial score (nSPS) is 12.7. The molecule has 3 N–H and O–H groups in total. The van der Waals surface area contributed by atoms with E-state index in [0.29, 0.717) is 19.0 Å². The minimum atomic E-state index is -0.0772. The number of hydrogen-bond acceptors (Lipinski definition) is 3.